The zero-order valence-corrected chi connectivity index (χ0v) is 11.6. The van der Waals surface area contributed by atoms with Gasteiger partial charge in [-0.25, -0.2) is 8.42 Å². The predicted molar refractivity (Wildman–Crippen MR) is 71.4 cm³/mol. The van der Waals surface area contributed by atoms with Gasteiger partial charge >= 0.3 is 0 Å². The molecule has 0 radical (unpaired) electrons. The lowest BCUT2D eigenvalue weighted by Gasteiger charge is -2.25. The van der Waals surface area contributed by atoms with Gasteiger partial charge in [-0.15, -0.1) is 0 Å². The van der Waals surface area contributed by atoms with Crippen molar-refractivity contribution in [2.75, 3.05) is 26.8 Å². The van der Waals surface area contributed by atoms with Gasteiger partial charge in [-0.1, -0.05) is 6.08 Å². The molecule has 0 aromatic heterocycles. The number of benzene rings is 1. The summed E-state index contributed by atoms with van der Waals surface area (Å²) in [6.45, 7) is 1.37. The van der Waals surface area contributed by atoms with Crippen molar-refractivity contribution in [2.45, 2.75) is 11.3 Å². The Labute approximate surface area is 113 Å². The van der Waals surface area contributed by atoms with Gasteiger partial charge in [-0.05, 0) is 36.3 Å². The summed E-state index contributed by atoms with van der Waals surface area (Å²) in [6, 6.07) is 5.59. The highest BCUT2D eigenvalue weighted by atomic mass is 32.2. The van der Waals surface area contributed by atoms with Gasteiger partial charge in [0.2, 0.25) is 10.0 Å². The largest absolute Gasteiger partial charge is 0.508 e. The standard InChI is InChI=1S/C13H17NO4S/c1-18-10-11-6-8-14(9-7-11)19(16,17)13-4-2-12(15)3-5-13/h2-6,15H,7-10H2,1H3. The molecule has 0 amide bonds. The van der Waals surface area contributed by atoms with Crippen LogP contribution in [0.2, 0.25) is 0 Å². The smallest absolute Gasteiger partial charge is 0.243 e. The summed E-state index contributed by atoms with van der Waals surface area (Å²) in [7, 11) is -1.85. The number of methoxy groups -OCH3 is 1. The summed E-state index contributed by atoms with van der Waals surface area (Å²) in [5.41, 5.74) is 1.12. The SMILES string of the molecule is COCC1=CCN(S(=O)(=O)c2ccc(O)cc2)CC1. The van der Waals surface area contributed by atoms with E-state index in [-0.39, 0.29) is 10.6 Å². The van der Waals surface area contributed by atoms with Crippen LogP contribution in [0.4, 0.5) is 0 Å². The van der Waals surface area contributed by atoms with E-state index in [2.05, 4.69) is 0 Å². The number of nitrogens with zero attached hydrogens (tertiary/aromatic N) is 1. The zero-order chi connectivity index (χ0) is 13.9. The topological polar surface area (TPSA) is 66.8 Å². The Morgan fingerprint density at radius 3 is 2.53 bits per heavy atom. The van der Waals surface area contributed by atoms with Crippen LogP contribution in [0.15, 0.2) is 40.8 Å². The Morgan fingerprint density at radius 2 is 2.00 bits per heavy atom. The molecule has 1 N–H and O–H groups in total. The van der Waals surface area contributed by atoms with Gasteiger partial charge in [0.1, 0.15) is 5.75 Å². The van der Waals surface area contributed by atoms with Gasteiger partial charge in [0.05, 0.1) is 11.5 Å². The fourth-order valence-corrected chi connectivity index (χ4v) is 3.38. The molecule has 0 spiro atoms. The second kappa shape index (κ2) is 5.73. The summed E-state index contributed by atoms with van der Waals surface area (Å²) >= 11 is 0. The summed E-state index contributed by atoms with van der Waals surface area (Å²) in [5.74, 6) is 0.0554. The Bertz CT molecular complexity index is 563. The summed E-state index contributed by atoms with van der Waals surface area (Å²) in [4.78, 5) is 0.203. The van der Waals surface area contributed by atoms with Crippen molar-refractivity contribution in [2.24, 2.45) is 0 Å². The number of hydrogen-bond donors (Lipinski definition) is 1. The molecule has 104 valence electrons. The first-order chi connectivity index (χ1) is 9.04. The molecule has 5 nitrogen and oxygen atoms in total. The van der Waals surface area contributed by atoms with E-state index < -0.39 is 10.0 Å². The molecule has 2 rings (SSSR count). The van der Waals surface area contributed by atoms with Crippen molar-refractivity contribution in [3.63, 3.8) is 0 Å². The molecule has 6 heteroatoms. The van der Waals surface area contributed by atoms with Crippen LogP contribution >= 0.6 is 0 Å². The molecule has 0 saturated carbocycles. The molecular weight excluding hydrogens is 266 g/mol. The molecule has 19 heavy (non-hydrogen) atoms. The quantitative estimate of drug-likeness (QED) is 0.847. The van der Waals surface area contributed by atoms with Crippen LogP contribution in [-0.4, -0.2) is 44.6 Å². The highest BCUT2D eigenvalue weighted by molar-refractivity contribution is 7.89. The zero-order valence-electron chi connectivity index (χ0n) is 10.7. The van der Waals surface area contributed by atoms with Crippen molar-refractivity contribution in [3.05, 3.63) is 35.9 Å². The van der Waals surface area contributed by atoms with Gasteiger partial charge in [0.15, 0.2) is 0 Å². The second-order valence-corrected chi connectivity index (χ2v) is 6.34. The van der Waals surface area contributed by atoms with Gasteiger partial charge in [0, 0.05) is 20.2 Å². The molecule has 0 saturated heterocycles. The summed E-state index contributed by atoms with van der Waals surface area (Å²) in [6.07, 6.45) is 2.58. The summed E-state index contributed by atoms with van der Waals surface area (Å²) in [5, 5.41) is 9.19. The molecule has 1 aromatic rings. The van der Waals surface area contributed by atoms with Gasteiger partial charge in [-0.2, -0.15) is 4.31 Å². The molecular formula is C13H17NO4S. The minimum atomic E-state index is -3.48. The van der Waals surface area contributed by atoms with Crippen LogP contribution in [0, 0.1) is 0 Å². The molecule has 1 aliphatic heterocycles. The van der Waals surface area contributed by atoms with Gasteiger partial charge < -0.3 is 9.84 Å². The monoisotopic (exact) mass is 283 g/mol. The van der Waals surface area contributed by atoms with Gasteiger partial charge in [-0.3, -0.25) is 0 Å². The number of phenols is 1. The second-order valence-electron chi connectivity index (χ2n) is 4.40. The number of ether oxygens (including phenoxy) is 1. The third kappa shape index (κ3) is 3.15. The number of aromatic hydroxyl groups is 1. The fraction of sp³-hybridized carbons (Fsp3) is 0.385. The van der Waals surface area contributed by atoms with Crippen LogP contribution < -0.4 is 0 Å². The molecule has 0 aliphatic carbocycles. The minimum Gasteiger partial charge on any atom is -0.508 e. The lowest BCUT2D eigenvalue weighted by atomic mass is 10.1. The first-order valence-corrected chi connectivity index (χ1v) is 7.44. The van der Waals surface area contributed by atoms with Crippen molar-refractivity contribution >= 4 is 10.0 Å². The van der Waals surface area contributed by atoms with E-state index in [1.54, 1.807) is 7.11 Å². The maximum atomic E-state index is 12.3. The highest BCUT2D eigenvalue weighted by Gasteiger charge is 2.25. The van der Waals surface area contributed by atoms with Crippen LogP contribution in [0.3, 0.4) is 0 Å². The van der Waals surface area contributed by atoms with Crippen LogP contribution in [0.5, 0.6) is 5.75 Å². The molecule has 0 bridgehead atoms. The van der Waals surface area contributed by atoms with Crippen molar-refractivity contribution in [3.8, 4) is 5.75 Å². The average molecular weight is 283 g/mol. The molecule has 1 heterocycles. The van der Waals surface area contributed by atoms with Crippen molar-refractivity contribution in [1.29, 1.82) is 0 Å². The molecule has 0 unspecified atom stereocenters. The van der Waals surface area contributed by atoms with Crippen molar-refractivity contribution < 1.29 is 18.3 Å². The van der Waals surface area contributed by atoms with E-state index in [9.17, 15) is 13.5 Å². The average Bonchev–Trinajstić information content (AvgIpc) is 2.40. The molecule has 1 aliphatic rings. The first-order valence-electron chi connectivity index (χ1n) is 6.00. The lowest BCUT2D eigenvalue weighted by molar-refractivity contribution is 0.219. The maximum absolute atomic E-state index is 12.3. The first kappa shape index (κ1) is 14.0. The van der Waals surface area contributed by atoms with Gasteiger partial charge in [0.25, 0.3) is 0 Å². The normalized spacial score (nSPS) is 17.2. The van der Waals surface area contributed by atoms with Crippen molar-refractivity contribution in [1.82, 2.24) is 4.31 Å². The van der Waals surface area contributed by atoms with E-state index in [0.29, 0.717) is 26.1 Å². The van der Waals surface area contributed by atoms with E-state index in [0.717, 1.165) is 5.57 Å². The molecule has 0 atom stereocenters. The number of rotatable bonds is 4. The molecule has 0 fully saturated rings. The molecule has 1 aromatic carbocycles. The van der Waals surface area contributed by atoms with Crippen LogP contribution in [-0.2, 0) is 14.8 Å². The number of phenolic OH excluding ortho intramolecular Hbond substituents is 1. The van der Waals surface area contributed by atoms with E-state index >= 15 is 0 Å². The minimum absolute atomic E-state index is 0.0554. The third-order valence-corrected chi connectivity index (χ3v) is 4.95. The Hall–Kier alpha value is -1.37. The van der Waals surface area contributed by atoms with E-state index in [4.69, 9.17) is 4.74 Å². The third-order valence-electron chi connectivity index (χ3n) is 3.07. The Balaban J connectivity index is 2.16. The Morgan fingerprint density at radius 1 is 1.32 bits per heavy atom. The van der Waals surface area contributed by atoms with E-state index in [1.807, 2.05) is 6.08 Å². The van der Waals surface area contributed by atoms with Crippen LogP contribution in [0.1, 0.15) is 6.42 Å². The highest BCUT2D eigenvalue weighted by Crippen LogP contribution is 2.22. The predicted octanol–water partition coefficient (Wildman–Crippen LogP) is 1.36. The fourth-order valence-electron chi connectivity index (χ4n) is 1.99. The Kier molecular flexibility index (Phi) is 4.24. The lowest BCUT2D eigenvalue weighted by Crippen LogP contribution is -2.35. The number of hydrogen-bond acceptors (Lipinski definition) is 4. The van der Waals surface area contributed by atoms with Crippen LogP contribution in [0.25, 0.3) is 0 Å². The number of sulfonamides is 1. The maximum Gasteiger partial charge on any atom is 0.243 e. The van der Waals surface area contributed by atoms with E-state index in [1.165, 1.54) is 28.6 Å². The summed E-state index contributed by atoms with van der Waals surface area (Å²) < 4.78 is 31.2.